The molecule has 1 aromatic rings. The molecule has 0 atom stereocenters. The minimum Gasteiger partial charge on any atom is -0.497 e. The van der Waals surface area contributed by atoms with Gasteiger partial charge in [0.15, 0.2) is 0 Å². The van der Waals surface area contributed by atoms with Crippen molar-refractivity contribution in [1.29, 1.82) is 0 Å². The molecule has 0 heterocycles. The van der Waals surface area contributed by atoms with Gasteiger partial charge in [-0.05, 0) is 37.3 Å². The minimum absolute atomic E-state index is 0.102. The first kappa shape index (κ1) is 10.1. The van der Waals surface area contributed by atoms with E-state index in [0.29, 0.717) is 30.9 Å². The third kappa shape index (κ3) is 1.09. The molecule has 16 heavy (non-hydrogen) atoms. The van der Waals surface area contributed by atoms with Crippen LogP contribution < -0.4 is 4.74 Å². The first-order valence-corrected chi connectivity index (χ1v) is 5.60. The summed E-state index contributed by atoms with van der Waals surface area (Å²) in [6, 6.07) is 6.29. The lowest BCUT2D eigenvalue weighted by Crippen LogP contribution is -2.60. The highest BCUT2D eigenvalue weighted by Crippen LogP contribution is 2.73. The zero-order valence-corrected chi connectivity index (χ0v) is 9.17. The van der Waals surface area contributed by atoms with E-state index in [1.54, 1.807) is 12.1 Å². The van der Waals surface area contributed by atoms with Crippen molar-refractivity contribution in [3.63, 3.8) is 0 Å². The Labute approximate surface area is 93.4 Å². The molecule has 0 unspecified atom stereocenters. The van der Waals surface area contributed by atoms with Gasteiger partial charge in [0.1, 0.15) is 5.75 Å². The SMILES string of the molecule is COc1cccc(C(F)(F)C23CC(C2)C3)c1. The van der Waals surface area contributed by atoms with E-state index in [9.17, 15) is 8.78 Å². The van der Waals surface area contributed by atoms with E-state index in [1.165, 1.54) is 19.2 Å². The summed E-state index contributed by atoms with van der Waals surface area (Å²) in [5.74, 6) is -1.63. The van der Waals surface area contributed by atoms with Crippen molar-refractivity contribution in [1.82, 2.24) is 0 Å². The summed E-state index contributed by atoms with van der Waals surface area (Å²) >= 11 is 0. The number of halogens is 2. The number of hydrogen-bond acceptors (Lipinski definition) is 1. The third-order valence-corrected chi connectivity index (χ3v) is 4.14. The zero-order valence-electron chi connectivity index (χ0n) is 9.17. The fourth-order valence-corrected chi connectivity index (χ4v) is 2.99. The summed E-state index contributed by atoms with van der Waals surface area (Å²) in [5, 5.41) is 0. The summed E-state index contributed by atoms with van der Waals surface area (Å²) in [4.78, 5) is 0. The predicted molar refractivity (Wildman–Crippen MR) is 56.7 cm³/mol. The summed E-state index contributed by atoms with van der Waals surface area (Å²) in [5.41, 5.74) is -0.630. The zero-order chi connectivity index (χ0) is 11.4. The van der Waals surface area contributed by atoms with Gasteiger partial charge in [0.2, 0.25) is 0 Å². The van der Waals surface area contributed by atoms with Crippen LogP contribution in [0.2, 0.25) is 0 Å². The Morgan fingerprint density at radius 2 is 2.00 bits per heavy atom. The Morgan fingerprint density at radius 1 is 1.31 bits per heavy atom. The second-order valence-corrected chi connectivity index (χ2v) is 5.07. The highest BCUT2D eigenvalue weighted by atomic mass is 19.3. The van der Waals surface area contributed by atoms with Gasteiger partial charge in [0.05, 0.1) is 7.11 Å². The average Bonchev–Trinajstić information content (AvgIpc) is 2.12. The fraction of sp³-hybridized carbons (Fsp3) is 0.538. The van der Waals surface area contributed by atoms with Gasteiger partial charge in [-0.15, -0.1) is 0 Å². The van der Waals surface area contributed by atoms with E-state index in [1.807, 2.05) is 0 Å². The molecule has 3 fully saturated rings. The van der Waals surface area contributed by atoms with Crippen molar-refractivity contribution in [2.24, 2.45) is 11.3 Å². The van der Waals surface area contributed by atoms with E-state index in [2.05, 4.69) is 0 Å². The van der Waals surface area contributed by atoms with E-state index < -0.39 is 11.3 Å². The fourth-order valence-electron chi connectivity index (χ4n) is 2.99. The van der Waals surface area contributed by atoms with Crippen LogP contribution in [0.15, 0.2) is 24.3 Å². The molecule has 0 saturated heterocycles. The Balaban J connectivity index is 1.95. The Bertz CT molecular complexity index is 411. The van der Waals surface area contributed by atoms with Crippen LogP contribution in [0.1, 0.15) is 24.8 Å². The molecular weight excluding hydrogens is 210 g/mol. The predicted octanol–water partition coefficient (Wildman–Crippen LogP) is 3.59. The van der Waals surface area contributed by atoms with E-state index in [-0.39, 0.29) is 5.56 Å². The maximum absolute atomic E-state index is 14.3. The topological polar surface area (TPSA) is 9.23 Å². The Morgan fingerprint density at radius 3 is 2.50 bits per heavy atom. The van der Waals surface area contributed by atoms with Crippen molar-refractivity contribution in [2.75, 3.05) is 7.11 Å². The summed E-state index contributed by atoms with van der Waals surface area (Å²) in [7, 11) is 1.50. The molecule has 1 aromatic carbocycles. The van der Waals surface area contributed by atoms with Crippen molar-refractivity contribution < 1.29 is 13.5 Å². The van der Waals surface area contributed by atoms with Crippen LogP contribution in [0.5, 0.6) is 5.75 Å². The summed E-state index contributed by atoms with van der Waals surface area (Å²) in [6.07, 6.45) is 2.08. The van der Waals surface area contributed by atoms with Crippen LogP contribution in [0.25, 0.3) is 0 Å². The van der Waals surface area contributed by atoms with Crippen LogP contribution in [0.3, 0.4) is 0 Å². The van der Waals surface area contributed by atoms with Crippen molar-refractivity contribution in [3.05, 3.63) is 29.8 Å². The van der Waals surface area contributed by atoms with E-state index >= 15 is 0 Å². The maximum atomic E-state index is 14.3. The smallest absolute Gasteiger partial charge is 0.278 e. The molecule has 0 aromatic heterocycles. The van der Waals surface area contributed by atoms with Gasteiger partial charge in [0.25, 0.3) is 5.92 Å². The lowest BCUT2D eigenvalue weighted by atomic mass is 9.41. The van der Waals surface area contributed by atoms with Gasteiger partial charge < -0.3 is 4.74 Å². The molecule has 3 saturated carbocycles. The number of methoxy groups -OCH3 is 1. The van der Waals surface area contributed by atoms with Gasteiger partial charge in [-0.25, -0.2) is 8.78 Å². The maximum Gasteiger partial charge on any atom is 0.278 e. The molecule has 3 aliphatic carbocycles. The number of rotatable bonds is 3. The van der Waals surface area contributed by atoms with Crippen LogP contribution in [-0.2, 0) is 5.92 Å². The van der Waals surface area contributed by atoms with Crippen molar-refractivity contribution in [3.8, 4) is 5.75 Å². The second kappa shape index (κ2) is 2.96. The molecule has 3 aliphatic rings. The molecule has 2 bridgehead atoms. The molecule has 3 heteroatoms. The van der Waals surface area contributed by atoms with Gasteiger partial charge in [0, 0.05) is 11.0 Å². The molecule has 1 nitrogen and oxygen atoms in total. The van der Waals surface area contributed by atoms with E-state index in [0.717, 1.165) is 0 Å². The number of alkyl halides is 2. The average molecular weight is 224 g/mol. The first-order chi connectivity index (χ1) is 7.57. The number of ether oxygens (including phenoxy) is 1. The quantitative estimate of drug-likeness (QED) is 0.762. The molecular formula is C13H14F2O. The summed E-state index contributed by atoms with van der Waals surface area (Å²) < 4.78 is 33.6. The van der Waals surface area contributed by atoms with Gasteiger partial charge >= 0.3 is 0 Å². The molecule has 0 radical (unpaired) electrons. The summed E-state index contributed by atoms with van der Waals surface area (Å²) in [6.45, 7) is 0. The van der Waals surface area contributed by atoms with E-state index in [4.69, 9.17) is 4.74 Å². The van der Waals surface area contributed by atoms with Crippen molar-refractivity contribution in [2.45, 2.75) is 25.2 Å². The highest BCUT2D eigenvalue weighted by molar-refractivity contribution is 5.34. The van der Waals surface area contributed by atoms with Crippen LogP contribution in [0, 0.1) is 11.3 Å². The van der Waals surface area contributed by atoms with Crippen LogP contribution in [0.4, 0.5) is 8.78 Å². The molecule has 0 spiro atoms. The van der Waals surface area contributed by atoms with Crippen molar-refractivity contribution >= 4 is 0 Å². The minimum atomic E-state index is -2.70. The standard InChI is InChI=1S/C13H14F2O/c1-16-11-4-2-3-10(5-11)13(14,15)12-6-9(7-12)8-12/h2-5,9H,6-8H2,1H3. The Hall–Kier alpha value is -1.12. The number of hydrogen-bond donors (Lipinski definition) is 0. The molecule has 0 amide bonds. The second-order valence-electron chi connectivity index (χ2n) is 5.07. The molecule has 0 aliphatic heterocycles. The van der Waals surface area contributed by atoms with Crippen LogP contribution in [-0.4, -0.2) is 7.11 Å². The van der Waals surface area contributed by atoms with Gasteiger partial charge in [-0.2, -0.15) is 0 Å². The van der Waals surface area contributed by atoms with Crippen LogP contribution >= 0.6 is 0 Å². The monoisotopic (exact) mass is 224 g/mol. The molecule has 86 valence electrons. The van der Waals surface area contributed by atoms with Gasteiger partial charge in [-0.3, -0.25) is 0 Å². The lowest BCUT2D eigenvalue weighted by molar-refractivity contribution is -0.271. The lowest BCUT2D eigenvalue weighted by Gasteiger charge is -2.64. The first-order valence-electron chi connectivity index (χ1n) is 5.60. The normalized spacial score (nSPS) is 31.6. The molecule has 0 N–H and O–H groups in total. The number of benzene rings is 1. The van der Waals surface area contributed by atoms with Gasteiger partial charge in [-0.1, -0.05) is 12.1 Å². The highest BCUT2D eigenvalue weighted by Gasteiger charge is 2.69. The Kier molecular flexibility index (Phi) is 1.86. The molecule has 4 rings (SSSR count). The largest absolute Gasteiger partial charge is 0.497 e. The third-order valence-electron chi connectivity index (χ3n) is 4.14.